The monoisotopic (exact) mass is 526 g/mol. The van der Waals surface area contributed by atoms with Crippen molar-refractivity contribution in [1.29, 1.82) is 0 Å². The molecule has 2 N–H and O–H groups in total. The number of hydrogen-bond donors (Lipinski definition) is 2. The lowest BCUT2D eigenvalue weighted by Crippen LogP contribution is -2.45. The Bertz CT molecular complexity index is 659. The molecule has 1 heterocycles. The number of alkyl halides is 3. The number of guanidine groups is 1. The highest BCUT2D eigenvalue weighted by Crippen LogP contribution is 2.37. The van der Waals surface area contributed by atoms with Crippen LogP contribution >= 0.6 is 24.0 Å². The minimum absolute atomic E-state index is 0. The van der Waals surface area contributed by atoms with Gasteiger partial charge in [-0.3, -0.25) is 0 Å². The first-order chi connectivity index (χ1) is 13.4. The summed E-state index contributed by atoms with van der Waals surface area (Å²) >= 11 is 0. The van der Waals surface area contributed by atoms with Gasteiger partial charge >= 0.3 is 6.18 Å². The topological polar surface area (TPSA) is 58.5 Å². The molecule has 0 amide bonds. The molecule has 164 valence electrons. The van der Waals surface area contributed by atoms with Gasteiger partial charge < -0.3 is 15.4 Å². The molecular formula is C20H30F3IN4O. The molecule has 5 nitrogen and oxygen atoms in total. The van der Waals surface area contributed by atoms with Gasteiger partial charge in [0.2, 0.25) is 5.88 Å². The Morgan fingerprint density at radius 3 is 2.55 bits per heavy atom. The molecule has 29 heavy (non-hydrogen) atoms. The van der Waals surface area contributed by atoms with E-state index in [1.54, 1.807) is 6.20 Å². The minimum atomic E-state index is -4.08. The molecule has 2 saturated carbocycles. The number of nitrogens with zero attached hydrogens (tertiary/aromatic N) is 2. The van der Waals surface area contributed by atoms with E-state index in [9.17, 15) is 13.2 Å². The summed E-state index contributed by atoms with van der Waals surface area (Å²) in [6, 6.07) is 3.81. The van der Waals surface area contributed by atoms with Gasteiger partial charge in [-0.25, -0.2) is 9.98 Å². The van der Waals surface area contributed by atoms with Crippen LogP contribution in [0.25, 0.3) is 0 Å². The lowest BCUT2D eigenvalue weighted by Gasteiger charge is -2.31. The molecule has 0 spiro atoms. The zero-order valence-electron chi connectivity index (χ0n) is 16.7. The molecule has 0 bridgehead atoms. The third kappa shape index (κ3) is 8.18. The molecule has 0 saturated heterocycles. The van der Waals surface area contributed by atoms with E-state index >= 15 is 0 Å². The Morgan fingerprint density at radius 2 is 1.93 bits per heavy atom. The number of aliphatic imine (C=N–C) groups is 1. The molecule has 1 aromatic rings. The molecular weight excluding hydrogens is 496 g/mol. The van der Waals surface area contributed by atoms with Crippen molar-refractivity contribution in [3.05, 3.63) is 23.9 Å². The first-order valence-electron chi connectivity index (χ1n) is 10.1. The first kappa shape index (κ1) is 24.0. The lowest BCUT2D eigenvalue weighted by atomic mass is 9.85. The van der Waals surface area contributed by atoms with Gasteiger partial charge in [-0.15, -0.1) is 24.0 Å². The lowest BCUT2D eigenvalue weighted by molar-refractivity contribution is -0.182. The van der Waals surface area contributed by atoms with Crippen molar-refractivity contribution in [3.63, 3.8) is 0 Å². The van der Waals surface area contributed by atoms with Crippen LogP contribution in [-0.4, -0.2) is 36.3 Å². The van der Waals surface area contributed by atoms with Gasteiger partial charge in [-0.1, -0.05) is 0 Å². The van der Waals surface area contributed by atoms with E-state index in [4.69, 9.17) is 4.74 Å². The standard InChI is InChI=1S/C20H29F3N4O.HI/c1-2-24-19(27-17-7-5-16(6-8-17)20(21,22)23)26-12-15-9-10-25-18(11-15)28-13-14-3-4-14;/h9-11,14,16-17H,2-8,12-13H2,1H3,(H2,24,26,27);1H. The summed E-state index contributed by atoms with van der Waals surface area (Å²) in [5, 5.41) is 6.46. The summed E-state index contributed by atoms with van der Waals surface area (Å²) in [7, 11) is 0. The molecule has 0 aliphatic heterocycles. The van der Waals surface area contributed by atoms with Crippen molar-refractivity contribution in [2.75, 3.05) is 13.2 Å². The van der Waals surface area contributed by atoms with Crippen LogP contribution in [0.15, 0.2) is 23.3 Å². The fraction of sp³-hybridized carbons (Fsp3) is 0.700. The Balaban J connectivity index is 0.00000300. The number of rotatable bonds is 7. The second kappa shape index (κ2) is 11.2. The van der Waals surface area contributed by atoms with Crippen LogP contribution in [0, 0.1) is 11.8 Å². The maximum atomic E-state index is 12.8. The van der Waals surface area contributed by atoms with Gasteiger partial charge in [0.1, 0.15) is 0 Å². The Kier molecular flexibility index (Phi) is 9.29. The van der Waals surface area contributed by atoms with E-state index < -0.39 is 12.1 Å². The maximum Gasteiger partial charge on any atom is 0.391 e. The van der Waals surface area contributed by atoms with Gasteiger partial charge in [0.05, 0.1) is 19.1 Å². The number of nitrogens with one attached hydrogen (secondary N) is 2. The Labute approximate surface area is 187 Å². The molecule has 0 unspecified atom stereocenters. The number of hydrogen-bond acceptors (Lipinski definition) is 3. The molecule has 0 radical (unpaired) electrons. The van der Waals surface area contributed by atoms with Crippen molar-refractivity contribution in [1.82, 2.24) is 15.6 Å². The quantitative estimate of drug-likeness (QED) is 0.308. The van der Waals surface area contributed by atoms with Crippen LogP contribution in [0.2, 0.25) is 0 Å². The van der Waals surface area contributed by atoms with Gasteiger partial charge in [-0.2, -0.15) is 13.2 Å². The fourth-order valence-electron chi connectivity index (χ4n) is 3.36. The highest BCUT2D eigenvalue weighted by atomic mass is 127. The molecule has 9 heteroatoms. The third-order valence-corrected chi connectivity index (χ3v) is 5.26. The van der Waals surface area contributed by atoms with Crippen LogP contribution in [0.3, 0.4) is 0 Å². The highest BCUT2D eigenvalue weighted by molar-refractivity contribution is 14.0. The second-order valence-corrected chi connectivity index (χ2v) is 7.69. The molecule has 0 aromatic carbocycles. The van der Waals surface area contributed by atoms with E-state index in [2.05, 4.69) is 20.6 Å². The summed E-state index contributed by atoms with van der Waals surface area (Å²) in [6.45, 7) is 3.82. The maximum absolute atomic E-state index is 12.8. The summed E-state index contributed by atoms with van der Waals surface area (Å²) in [5.74, 6) is 0.745. The van der Waals surface area contributed by atoms with Crippen molar-refractivity contribution in [3.8, 4) is 5.88 Å². The highest BCUT2D eigenvalue weighted by Gasteiger charge is 2.41. The van der Waals surface area contributed by atoms with E-state index in [1.165, 1.54) is 12.8 Å². The van der Waals surface area contributed by atoms with E-state index in [0.717, 1.165) is 5.56 Å². The van der Waals surface area contributed by atoms with Crippen molar-refractivity contribution in [2.45, 2.75) is 64.2 Å². The van der Waals surface area contributed by atoms with E-state index in [0.29, 0.717) is 50.3 Å². The smallest absolute Gasteiger partial charge is 0.391 e. The predicted octanol–water partition coefficient (Wildman–Crippen LogP) is 4.66. The average molecular weight is 526 g/mol. The summed E-state index contributed by atoms with van der Waals surface area (Å²) in [6.07, 6.45) is 1.44. The second-order valence-electron chi connectivity index (χ2n) is 7.69. The predicted molar refractivity (Wildman–Crippen MR) is 118 cm³/mol. The van der Waals surface area contributed by atoms with Gasteiger partial charge in [0.25, 0.3) is 0 Å². The zero-order chi connectivity index (χ0) is 20.0. The van der Waals surface area contributed by atoms with Crippen molar-refractivity contribution in [2.24, 2.45) is 16.8 Å². The normalized spacial score (nSPS) is 22.6. The fourth-order valence-corrected chi connectivity index (χ4v) is 3.36. The van der Waals surface area contributed by atoms with Crippen molar-refractivity contribution < 1.29 is 17.9 Å². The van der Waals surface area contributed by atoms with Gasteiger partial charge in [0.15, 0.2) is 5.96 Å². The molecule has 2 aliphatic rings. The number of aromatic nitrogens is 1. The first-order valence-corrected chi connectivity index (χ1v) is 10.1. The summed E-state index contributed by atoms with van der Waals surface area (Å²) in [5.41, 5.74) is 0.985. The van der Waals surface area contributed by atoms with E-state index in [-0.39, 0.29) is 42.9 Å². The average Bonchev–Trinajstić information content (AvgIpc) is 3.49. The number of halogens is 4. The number of ether oxygens (including phenoxy) is 1. The van der Waals surface area contributed by atoms with Crippen molar-refractivity contribution >= 4 is 29.9 Å². The SMILES string of the molecule is CCNC(=NCc1ccnc(OCC2CC2)c1)NC1CCC(C(F)(F)F)CC1.I. The number of pyridine rings is 1. The van der Waals surface area contributed by atoms with Crippen LogP contribution in [0.5, 0.6) is 5.88 Å². The summed E-state index contributed by atoms with van der Waals surface area (Å²) < 4.78 is 44.2. The summed E-state index contributed by atoms with van der Waals surface area (Å²) in [4.78, 5) is 8.81. The van der Waals surface area contributed by atoms with E-state index in [1.807, 2.05) is 19.1 Å². The third-order valence-electron chi connectivity index (χ3n) is 5.26. The molecule has 3 rings (SSSR count). The van der Waals surface area contributed by atoms with Crippen LogP contribution < -0.4 is 15.4 Å². The zero-order valence-corrected chi connectivity index (χ0v) is 19.0. The van der Waals surface area contributed by atoms with Crippen LogP contribution in [0.1, 0.15) is 51.0 Å². The molecule has 2 fully saturated rings. The van der Waals surface area contributed by atoms with Gasteiger partial charge in [0, 0.05) is 24.8 Å². The molecule has 1 aromatic heterocycles. The van der Waals surface area contributed by atoms with Gasteiger partial charge in [-0.05, 0) is 63.0 Å². The molecule has 2 aliphatic carbocycles. The Morgan fingerprint density at radius 1 is 1.21 bits per heavy atom. The Hall–Kier alpha value is -1.26. The van der Waals surface area contributed by atoms with Crippen LogP contribution in [-0.2, 0) is 6.54 Å². The minimum Gasteiger partial charge on any atom is -0.477 e. The molecule has 0 atom stereocenters. The largest absolute Gasteiger partial charge is 0.477 e. The van der Waals surface area contributed by atoms with Crippen LogP contribution in [0.4, 0.5) is 13.2 Å².